The fourth-order valence-corrected chi connectivity index (χ4v) is 3.74. The van der Waals surface area contributed by atoms with Crippen molar-refractivity contribution in [3.8, 4) is 22.1 Å². The van der Waals surface area contributed by atoms with Gasteiger partial charge in [0, 0.05) is 22.4 Å². The number of rotatable bonds is 7. The van der Waals surface area contributed by atoms with Crippen LogP contribution in [0.3, 0.4) is 0 Å². The summed E-state index contributed by atoms with van der Waals surface area (Å²) < 4.78 is 11.1. The van der Waals surface area contributed by atoms with Crippen LogP contribution in [0.25, 0.3) is 10.6 Å². The topological polar surface area (TPSA) is 60.5 Å². The Morgan fingerprint density at radius 3 is 2.72 bits per heavy atom. The summed E-state index contributed by atoms with van der Waals surface area (Å²) in [5, 5.41) is 9.47. The number of ether oxygens (including phenoxy) is 2. The lowest BCUT2D eigenvalue weighted by molar-refractivity contribution is 0.102. The molecule has 0 fully saturated rings. The largest absolute Gasteiger partial charge is 0.494 e. The maximum atomic E-state index is 12.6. The van der Waals surface area contributed by atoms with Gasteiger partial charge in [-0.3, -0.25) is 4.79 Å². The molecular formula is C18H18N2O3S2. The molecule has 0 bridgehead atoms. The molecule has 0 radical (unpaired) electrons. The number of anilines is 1. The highest BCUT2D eigenvalue weighted by Crippen LogP contribution is 2.31. The number of aromatic nitrogens is 1. The minimum absolute atomic E-state index is 0.271. The Hall–Kier alpha value is -2.38. The lowest BCUT2D eigenvalue weighted by Crippen LogP contribution is -2.13. The van der Waals surface area contributed by atoms with Gasteiger partial charge in [0.15, 0.2) is 0 Å². The lowest BCUT2D eigenvalue weighted by atomic mass is 10.2. The van der Waals surface area contributed by atoms with Crippen LogP contribution >= 0.6 is 22.7 Å². The molecule has 1 N–H and O–H groups in total. The van der Waals surface area contributed by atoms with E-state index >= 15 is 0 Å². The van der Waals surface area contributed by atoms with Crippen LogP contribution in [0.5, 0.6) is 11.5 Å². The number of thiazole rings is 1. The first-order valence-corrected chi connectivity index (χ1v) is 9.72. The van der Waals surface area contributed by atoms with Gasteiger partial charge in [-0.2, -0.15) is 11.3 Å². The molecule has 1 amide bonds. The van der Waals surface area contributed by atoms with Crippen LogP contribution < -0.4 is 14.8 Å². The molecule has 0 aliphatic rings. The van der Waals surface area contributed by atoms with E-state index in [0.29, 0.717) is 36.1 Å². The van der Waals surface area contributed by atoms with Crippen molar-refractivity contribution in [2.45, 2.75) is 13.8 Å². The van der Waals surface area contributed by atoms with E-state index in [0.717, 1.165) is 10.6 Å². The fraction of sp³-hybridized carbons (Fsp3) is 0.222. The Labute approximate surface area is 154 Å². The van der Waals surface area contributed by atoms with E-state index < -0.39 is 0 Å². The first-order chi connectivity index (χ1) is 12.2. The van der Waals surface area contributed by atoms with Crippen LogP contribution in [-0.2, 0) is 0 Å². The number of hydrogen-bond acceptors (Lipinski definition) is 6. The van der Waals surface area contributed by atoms with Crippen molar-refractivity contribution >= 4 is 34.3 Å². The number of carbonyl (C=O) groups excluding carboxylic acids is 1. The minimum Gasteiger partial charge on any atom is -0.494 e. The molecular weight excluding hydrogens is 356 g/mol. The molecule has 3 rings (SSSR count). The zero-order chi connectivity index (χ0) is 17.6. The molecule has 2 aromatic heterocycles. The summed E-state index contributed by atoms with van der Waals surface area (Å²) in [6.45, 7) is 4.87. The Kier molecular flexibility index (Phi) is 5.67. The Morgan fingerprint density at radius 1 is 1.16 bits per heavy atom. The number of nitrogens with zero attached hydrogens (tertiary/aromatic N) is 1. The molecule has 0 aliphatic carbocycles. The molecule has 7 heteroatoms. The number of carbonyl (C=O) groups is 1. The molecule has 25 heavy (non-hydrogen) atoms. The fourth-order valence-electron chi connectivity index (χ4n) is 2.23. The minimum atomic E-state index is -0.271. The summed E-state index contributed by atoms with van der Waals surface area (Å²) in [5.74, 6) is 1.01. The molecule has 0 aliphatic heterocycles. The summed E-state index contributed by atoms with van der Waals surface area (Å²) in [4.78, 5) is 17.0. The van der Waals surface area contributed by atoms with E-state index in [1.807, 2.05) is 36.7 Å². The molecule has 0 spiro atoms. The van der Waals surface area contributed by atoms with Gasteiger partial charge in [0.25, 0.3) is 5.91 Å². The smallest absolute Gasteiger partial charge is 0.275 e. The maximum Gasteiger partial charge on any atom is 0.275 e. The second-order valence-electron chi connectivity index (χ2n) is 5.03. The number of amides is 1. The highest BCUT2D eigenvalue weighted by Gasteiger charge is 2.15. The predicted molar refractivity (Wildman–Crippen MR) is 102 cm³/mol. The van der Waals surface area contributed by atoms with Crippen LogP contribution in [0.15, 0.2) is 40.4 Å². The van der Waals surface area contributed by atoms with Gasteiger partial charge in [-0.25, -0.2) is 4.98 Å². The standard InChI is InChI=1S/C18H18N2O3S2/c1-3-22-13-5-6-16(23-4-2)14(9-13)19-17(21)15-11-25-18(20-15)12-7-8-24-10-12/h5-11H,3-4H2,1-2H3,(H,19,21). The summed E-state index contributed by atoms with van der Waals surface area (Å²) in [7, 11) is 0. The normalized spacial score (nSPS) is 10.5. The van der Waals surface area contributed by atoms with E-state index in [2.05, 4.69) is 10.3 Å². The molecule has 1 aromatic carbocycles. The van der Waals surface area contributed by atoms with Crippen molar-refractivity contribution in [1.82, 2.24) is 4.98 Å². The van der Waals surface area contributed by atoms with Crippen LogP contribution in [0.2, 0.25) is 0 Å². The van der Waals surface area contributed by atoms with Crippen LogP contribution in [0.4, 0.5) is 5.69 Å². The first kappa shape index (κ1) is 17.4. The molecule has 0 unspecified atom stereocenters. The maximum absolute atomic E-state index is 12.6. The van der Waals surface area contributed by atoms with Crippen LogP contribution in [-0.4, -0.2) is 24.1 Å². The van der Waals surface area contributed by atoms with E-state index in [9.17, 15) is 4.79 Å². The third-order valence-electron chi connectivity index (χ3n) is 3.32. The Bertz CT molecular complexity index is 844. The average molecular weight is 374 g/mol. The molecule has 130 valence electrons. The van der Waals surface area contributed by atoms with E-state index in [-0.39, 0.29) is 5.91 Å². The van der Waals surface area contributed by atoms with Gasteiger partial charge in [-0.15, -0.1) is 11.3 Å². The zero-order valence-corrected chi connectivity index (χ0v) is 15.6. The number of thiophene rings is 1. The summed E-state index contributed by atoms with van der Waals surface area (Å²) in [5.41, 5.74) is 1.99. The SMILES string of the molecule is CCOc1ccc(OCC)c(NC(=O)c2csc(-c3ccsc3)n2)c1. The van der Waals surface area contributed by atoms with E-state index in [1.165, 1.54) is 11.3 Å². The first-order valence-electron chi connectivity index (χ1n) is 7.90. The second-order valence-corrected chi connectivity index (χ2v) is 6.67. The average Bonchev–Trinajstić information content (AvgIpc) is 3.28. The third kappa shape index (κ3) is 4.18. The zero-order valence-electron chi connectivity index (χ0n) is 13.9. The van der Waals surface area contributed by atoms with Gasteiger partial charge >= 0.3 is 0 Å². The number of hydrogen-bond donors (Lipinski definition) is 1. The lowest BCUT2D eigenvalue weighted by Gasteiger charge is -2.13. The second kappa shape index (κ2) is 8.13. The van der Waals surface area contributed by atoms with Crippen molar-refractivity contribution in [2.75, 3.05) is 18.5 Å². The molecule has 5 nitrogen and oxygen atoms in total. The van der Waals surface area contributed by atoms with Gasteiger partial charge < -0.3 is 14.8 Å². The Balaban J connectivity index is 1.81. The number of nitrogens with one attached hydrogen (secondary N) is 1. The summed E-state index contributed by atoms with van der Waals surface area (Å²) >= 11 is 3.05. The predicted octanol–water partition coefficient (Wildman–Crippen LogP) is 4.92. The highest BCUT2D eigenvalue weighted by atomic mass is 32.1. The van der Waals surface area contributed by atoms with Crippen molar-refractivity contribution in [1.29, 1.82) is 0 Å². The van der Waals surface area contributed by atoms with Crippen molar-refractivity contribution in [3.63, 3.8) is 0 Å². The summed E-state index contributed by atoms with van der Waals surface area (Å²) in [6, 6.07) is 7.37. The van der Waals surface area contributed by atoms with E-state index in [1.54, 1.807) is 28.8 Å². The number of benzene rings is 1. The summed E-state index contributed by atoms with van der Waals surface area (Å²) in [6.07, 6.45) is 0. The van der Waals surface area contributed by atoms with Crippen molar-refractivity contribution in [3.05, 3.63) is 46.1 Å². The molecule has 3 aromatic rings. The van der Waals surface area contributed by atoms with Crippen molar-refractivity contribution < 1.29 is 14.3 Å². The van der Waals surface area contributed by atoms with Crippen molar-refractivity contribution in [2.24, 2.45) is 0 Å². The van der Waals surface area contributed by atoms with Gasteiger partial charge in [0.05, 0.1) is 18.9 Å². The highest BCUT2D eigenvalue weighted by molar-refractivity contribution is 7.14. The quantitative estimate of drug-likeness (QED) is 0.637. The molecule has 0 atom stereocenters. The molecule has 0 saturated carbocycles. The third-order valence-corrected chi connectivity index (χ3v) is 4.89. The van der Waals surface area contributed by atoms with Gasteiger partial charge in [0.2, 0.25) is 0 Å². The van der Waals surface area contributed by atoms with Gasteiger partial charge in [-0.05, 0) is 37.4 Å². The van der Waals surface area contributed by atoms with E-state index in [4.69, 9.17) is 9.47 Å². The van der Waals surface area contributed by atoms with Gasteiger partial charge in [-0.1, -0.05) is 0 Å². The Morgan fingerprint density at radius 2 is 2.00 bits per heavy atom. The van der Waals surface area contributed by atoms with Gasteiger partial charge in [0.1, 0.15) is 22.2 Å². The van der Waals surface area contributed by atoms with Crippen LogP contribution in [0, 0.1) is 0 Å². The van der Waals surface area contributed by atoms with Crippen LogP contribution in [0.1, 0.15) is 24.3 Å². The molecule has 0 saturated heterocycles. The molecule has 2 heterocycles. The monoisotopic (exact) mass is 374 g/mol.